The minimum Gasteiger partial charge on any atom is -0.314 e. The lowest BCUT2D eigenvalue weighted by atomic mass is 10.3. The van der Waals surface area contributed by atoms with E-state index in [1.807, 2.05) is 48.8 Å². The molecule has 0 aliphatic rings. The Bertz CT molecular complexity index is 435. The number of halogens is 1. The molecule has 0 bridgehead atoms. The van der Waals surface area contributed by atoms with Crippen LogP contribution in [-0.2, 0) is 13.1 Å². The summed E-state index contributed by atoms with van der Waals surface area (Å²) < 4.78 is 0. The molecule has 0 aliphatic carbocycles. The molecule has 2 aromatic heterocycles. The zero-order valence-corrected chi connectivity index (χ0v) is 13.5. The fourth-order valence-electron chi connectivity index (χ4n) is 1.92. The molecule has 0 aliphatic heterocycles. The Hall–Kier alpha value is -1.53. The van der Waals surface area contributed by atoms with Crippen LogP contribution >= 0.6 is 12.4 Å². The first-order chi connectivity index (χ1) is 10.4. The van der Waals surface area contributed by atoms with E-state index in [-0.39, 0.29) is 12.4 Å². The molecule has 6 heteroatoms. The lowest BCUT2D eigenvalue weighted by Crippen LogP contribution is -2.32. The average molecular weight is 322 g/mol. The van der Waals surface area contributed by atoms with E-state index in [9.17, 15) is 0 Å². The number of nitrogens with one attached hydrogen (secondary N) is 3. The van der Waals surface area contributed by atoms with Gasteiger partial charge >= 0.3 is 0 Å². The second kappa shape index (κ2) is 12.1. The third-order valence-corrected chi connectivity index (χ3v) is 3.02. The summed E-state index contributed by atoms with van der Waals surface area (Å²) in [6.45, 7) is 5.44. The van der Waals surface area contributed by atoms with Crippen LogP contribution in [0.4, 0.5) is 0 Å². The second-order valence-corrected chi connectivity index (χ2v) is 4.75. The van der Waals surface area contributed by atoms with E-state index in [4.69, 9.17) is 0 Å². The fourth-order valence-corrected chi connectivity index (χ4v) is 1.92. The molecule has 0 atom stereocenters. The Morgan fingerprint density at radius 1 is 0.636 bits per heavy atom. The average Bonchev–Trinajstić information content (AvgIpc) is 2.55. The number of aromatic nitrogens is 2. The van der Waals surface area contributed by atoms with E-state index >= 15 is 0 Å². The molecule has 0 fully saturated rings. The lowest BCUT2D eigenvalue weighted by Gasteiger charge is -2.07. The van der Waals surface area contributed by atoms with Crippen LogP contribution in [0, 0.1) is 0 Å². The van der Waals surface area contributed by atoms with Crippen LogP contribution in [0.3, 0.4) is 0 Å². The number of rotatable bonds is 10. The van der Waals surface area contributed by atoms with Crippen molar-refractivity contribution in [1.82, 2.24) is 25.9 Å². The molecule has 0 saturated carbocycles. The highest BCUT2D eigenvalue weighted by molar-refractivity contribution is 5.85. The maximum absolute atomic E-state index is 4.27. The standard InChI is InChI=1S/C16H23N5.ClH/c1-3-7-20-15(5-1)13-18-11-9-17-10-12-19-14-16-6-2-4-8-21-16;/h1-8,17-19H,9-14H2;1H. The van der Waals surface area contributed by atoms with Gasteiger partial charge in [0, 0.05) is 51.7 Å². The van der Waals surface area contributed by atoms with Crippen molar-refractivity contribution >= 4 is 12.4 Å². The Morgan fingerprint density at radius 2 is 1.09 bits per heavy atom. The fraction of sp³-hybridized carbons (Fsp3) is 0.375. The van der Waals surface area contributed by atoms with Crippen LogP contribution in [0.5, 0.6) is 0 Å². The molecule has 22 heavy (non-hydrogen) atoms. The van der Waals surface area contributed by atoms with E-state index in [0.29, 0.717) is 0 Å². The largest absolute Gasteiger partial charge is 0.314 e. The van der Waals surface area contributed by atoms with Crippen LogP contribution in [0.15, 0.2) is 48.8 Å². The van der Waals surface area contributed by atoms with Crippen LogP contribution in [0.2, 0.25) is 0 Å². The van der Waals surface area contributed by atoms with Crippen molar-refractivity contribution in [3.05, 3.63) is 60.2 Å². The Kier molecular flexibility index (Phi) is 10.1. The predicted octanol–water partition coefficient (Wildman–Crippen LogP) is 1.37. The summed E-state index contributed by atoms with van der Waals surface area (Å²) in [6, 6.07) is 11.9. The SMILES string of the molecule is Cl.c1ccc(CNCCNCCNCc2ccccn2)nc1. The van der Waals surface area contributed by atoms with Gasteiger partial charge in [-0.15, -0.1) is 12.4 Å². The maximum atomic E-state index is 4.27. The van der Waals surface area contributed by atoms with Crippen molar-refractivity contribution in [2.24, 2.45) is 0 Å². The summed E-state index contributed by atoms with van der Waals surface area (Å²) in [4.78, 5) is 8.53. The lowest BCUT2D eigenvalue weighted by molar-refractivity contribution is 0.576. The minimum absolute atomic E-state index is 0. The molecule has 0 unspecified atom stereocenters. The highest BCUT2D eigenvalue weighted by Crippen LogP contribution is 1.91. The monoisotopic (exact) mass is 321 g/mol. The topological polar surface area (TPSA) is 61.9 Å². The molecule has 0 saturated heterocycles. The first kappa shape index (κ1) is 18.5. The highest BCUT2D eigenvalue weighted by Gasteiger charge is 1.93. The highest BCUT2D eigenvalue weighted by atomic mass is 35.5. The summed E-state index contributed by atoms with van der Waals surface area (Å²) in [5.41, 5.74) is 2.16. The molecule has 5 nitrogen and oxygen atoms in total. The van der Waals surface area contributed by atoms with E-state index in [1.54, 1.807) is 0 Å². The zero-order chi connectivity index (χ0) is 14.6. The molecule has 120 valence electrons. The van der Waals surface area contributed by atoms with E-state index in [2.05, 4.69) is 25.9 Å². The summed E-state index contributed by atoms with van der Waals surface area (Å²) in [6.07, 6.45) is 3.64. The smallest absolute Gasteiger partial charge is 0.0541 e. The molecule has 3 N–H and O–H groups in total. The molecule has 2 heterocycles. The van der Waals surface area contributed by atoms with Gasteiger partial charge in [0.2, 0.25) is 0 Å². The molecular formula is C16H24ClN5. The molecule has 0 aromatic carbocycles. The number of hydrogen-bond acceptors (Lipinski definition) is 5. The van der Waals surface area contributed by atoms with Crippen molar-refractivity contribution in [2.45, 2.75) is 13.1 Å². The quantitative estimate of drug-likeness (QED) is 0.577. The van der Waals surface area contributed by atoms with Gasteiger partial charge in [0.15, 0.2) is 0 Å². The molecule has 0 spiro atoms. The van der Waals surface area contributed by atoms with Gasteiger partial charge in [0.05, 0.1) is 11.4 Å². The van der Waals surface area contributed by atoms with Crippen LogP contribution in [0.25, 0.3) is 0 Å². The first-order valence-electron chi connectivity index (χ1n) is 7.37. The van der Waals surface area contributed by atoms with Crippen molar-refractivity contribution in [3.8, 4) is 0 Å². The van der Waals surface area contributed by atoms with E-state index in [1.165, 1.54) is 0 Å². The Labute approximate surface area is 138 Å². The van der Waals surface area contributed by atoms with E-state index in [0.717, 1.165) is 50.7 Å². The Balaban J connectivity index is 0.00000242. The maximum Gasteiger partial charge on any atom is 0.0541 e. The van der Waals surface area contributed by atoms with Crippen molar-refractivity contribution in [2.75, 3.05) is 26.2 Å². The number of nitrogens with zero attached hydrogens (tertiary/aromatic N) is 2. The zero-order valence-electron chi connectivity index (χ0n) is 12.7. The normalized spacial score (nSPS) is 10.2. The van der Waals surface area contributed by atoms with Gasteiger partial charge < -0.3 is 16.0 Å². The van der Waals surface area contributed by atoms with Crippen molar-refractivity contribution < 1.29 is 0 Å². The second-order valence-electron chi connectivity index (χ2n) is 4.75. The van der Waals surface area contributed by atoms with Gasteiger partial charge in [-0.05, 0) is 24.3 Å². The molecule has 2 aromatic rings. The summed E-state index contributed by atoms with van der Waals surface area (Å²) in [5.74, 6) is 0. The first-order valence-corrected chi connectivity index (χ1v) is 7.37. The van der Waals surface area contributed by atoms with E-state index < -0.39 is 0 Å². The number of pyridine rings is 2. The summed E-state index contributed by atoms with van der Waals surface area (Å²) in [5, 5.41) is 10.1. The van der Waals surface area contributed by atoms with Crippen LogP contribution in [0.1, 0.15) is 11.4 Å². The predicted molar refractivity (Wildman–Crippen MR) is 92.0 cm³/mol. The van der Waals surface area contributed by atoms with Gasteiger partial charge in [-0.3, -0.25) is 9.97 Å². The molecular weight excluding hydrogens is 298 g/mol. The van der Waals surface area contributed by atoms with Crippen LogP contribution in [-0.4, -0.2) is 36.1 Å². The van der Waals surface area contributed by atoms with Gasteiger partial charge in [-0.2, -0.15) is 0 Å². The summed E-state index contributed by atoms with van der Waals surface area (Å²) >= 11 is 0. The van der Waals surface area contributed by atoms with Crippen LogP contribution < -0.4 is 16.0 Å². The molecule has 2 rings (SSSR count). The Morgan fingerprint density at radius 3 is 1.50 bits per heavy atom. The van der Waals surface area contributed by atoms with Gasteiger partial charge in [0.1, 0.15) is 0 Å². The molecule has 0 radical (unpaired) electrons. The van der Waals surface area contributed by atoms with Gasteiger partial charge in [0.25, 0.3) is 0 Å². The van der Waals surface area contributed by atoms with Gasteiger partial charge in [-0.25, -0.2) is 0 Å². The third-order valence-electron chi connectivity index (χ3n) is 3.02. The van der Waals surface area contributed by atoms with Crippen molar-refractivity contribution in [3.63, 3.8) is 0 Å². The summed E-state index contributed by atoms with van der Waals surface area (Å²) in [7, 11) is 0. The van der Waals surface area contributed by atoms with Crippen molar-refractivity contribution in [1.29, 1.82) is 0 Å². The minimum atomic E-state index is 0. The third kappa shape index (κ3) is 8.05. The van der Waals surface area contributed by atoms with Gasteiger partial charge in [-0.1, -0.05) is 12.1 Å². The molecule has 0 amide bonds. The number of hydrogen-bond donors (Lipinski definition) is 3.